The summed E-state index contributed by atoms with van der Waals surface area (Å²) in [6.45, 7) is 7.40. The monoisotopic (exact) mass is 491 g/mol. The van der Waals surface area contributed by atoms with Crippen molar-refractivity contribution < 1.29 is 14.3 Å². The molecule has 1 saturated heterocycles. The lowest BCUT2D eigenvalue weighted by Gasteiger charge is -2.29. The number of amides is 1. The number of aromatic nitrogens is 3. The molecule has 1 aliphatic heterocycles. The third-order valence-corrected chi connectivity index (χ3v) is 7.30. The summed E-state index contributed by atoms with van der Waals surface area (Å²) in [7, 11) is 1.57. The molecule has 0 radical (unpaired) electrons. The van der Waals surface area contributed by atoms with Gasteiger partial charge in [-0.25, -0.2) is 9.97 Å². The van der Waals surface area contributed by atoms with E-state index in [1.165, 1.54) is 22.2 Å². The third-order valence-electron chi connectivity index (χ3n) is 5.76. The van der Waals surface area contributed by atoms with Crippen LogP contribution in [-0.4, -0.2) is 71.8 Å². The minimum absolute atomic E-state index is 0.128. The van der Waals surface area contributed by atoms with Gasteiger partial charge in [-0.3, -0.25) is 24.0 Å². The highest BCUT2D eigenvalue weighted by atomic mass is 35.5. The summed E-state index contributed by atoms with van der Waals surface area (Å²) in [4.78, 5) is 38.9. The first-order chi connectivity index (χ1) is 15.9. The Morgan fingerprint density at radius 2 is 2.06 bits per heavy atom. The number of aryl methyl sites for hydroxylation is 1. The molecule has 0 atom stereocenters. The number of carbonyl (C=O) groups is 1. The summed E-state index contributed by atoms with van der Waals surface area (Å²) in [5, 5.41) is 1.06. The van der Waals surface area contributed by atoms with Gasteiger partial charge in [0.2, 0.25) is 5.91 Å². The second kappa shape index (κ2) is 10.2. The molecule has 1 amide bonds. The number of rotatable bonds is 7. The Kier molecular flexibility index (Phi) is 7.28. The molecule has 33 heavy (non-hydrogen) atoms. The Labute approximate surface area is 200 Å². The van der Waals surface area contributed by atoms with Gasteiger partial charge in [-0.15, -0.1) is 0 Å². The van der Waals surface area contributed by atoms with E-state index in [1.807, 2.05) is 0 Å². The molecule has 1 fully saturated rings. The van der Waals surface area contributed by atoms with Gasteiger partial charge < -0.3 is 9.47 Å². The van der Waals surface area contributed by atoms with E-state index in [0.717, 1.165) is 17.8 Å². The Hall–Kier alpha value is -2.53. The molecular weight excluding hydrogens is 466 g/mol. The number of benzene rings is 1. The fraction of sp³-hybridized carbons (Fsp3) is 0.455. The molecule has 0 unspecified atom stereocenters. The number of hydrogen-bond acceptors (Lipinski definition) is 8. The van der Waals surface area contributed by atoms with Gasteiger partial charge in [-0.2, -0.15) is 0 Å². The number of methoxy groups -OCH3 is 1. The van der Waals surface area contributed by atoms with Crippen LogP contribution in [0.15, 0.2) is 23.3 Å². The number of fused-ring (bicyclic) bond motifs is 1. The smallest absolute Gasteiger partial charge is 0.256 e. The quantitative estimate of drug-likeness (QED) is 0.501. The van der Waals surface area contributed by atoms with E-state index in [4.69, 9.17) is 26.1 Å². The molecule has 176 valence electrons. The minimum atomic E-state index is -0.246. The van der Waals surface area contributed by atoms with Crippen LogP contribution in [-0.2, 0) is 16.1 Å². The second-order valence-electron chi connectivity index (χ2n) is 7.81. The summed E-state index contributed by atoms with van der Waals surface area (Å²) in [6.07, 6.45) is 1.42. The summed E-state index contributed by atoms with van der Waals surface area (Å²) in [6, 6.07) is 3.51. The van der Waals surface area contributed by atoms with E-state index in [9.17, 15) is 9.59 Å². The summed E-state index contributed by atoms with van der Waals surface area (Å²) >= 11 is 7.73. The largest absolute Gasteiger partial charge is 0.494 e. The van der Waals surface area contributed by atoms with Crippen LogP contribution in [0.4, 0.5) is 5.13 Å². The molecule has 3 heterocycles. The molecule has 0 bridgehead atoms. The van der Waals surface area contributed by atoms with Crippen molar-refractivity contribution in [3.05, 3.63) is 45.1 Å². The van der Waals surface area contributed by atoms with Crippen LogP contribution < -0.4 is 15.2 Å². The lowest BCUT2D eigenvalue weighted by molar-refractivity contribution is -0.119. The van der Waals surface area contributed by atoms with Crippen LogP contribution in [0.25, 0.3) is 10.2 Å². The van der Waals surface area contributed by atoms with E-state index in [0.29, 0.717) is 59.0 Å². The zero-order chi connectivity index (χ0) is 23.5. The number of hydrogen-bond donors (Lipinski definition) is 0. The lowest BCUT2D eigenvalue weighted by atomic mass is 10.3. The van der Waals surface area contributed by atoms with Crippen molar-refractivity contribution in [2.75, 3.05) is 51.4 Å². The van der Waals surface area contributed by atoms with E-state index < -0.39 is 0 Å². The molecule has 11 heteroatoms. The zero-order valence-electron chi connectivity index (χ0n) is 18.8. The number of anilines is 1. The number of carbonyl (C=O) groups excluding carboxylic acids is 1. The number of thiazole rings is 1. The van der Waals surface area contributed by atoms with Crippen LogP contribution in [0.5, 0.6) is 5.75 Å². The molecule has 1 aliphatic rings. The predicted octanol–water partition coefficient (Wildman–Crippen LogP) is 2.50. The minimum Gasteiger partial charge on any atom is -0.494 e. The van der Waals surface area contributed by atoms with Gasteiger partial charge in [0.25, 0.3) is 5.56 Å². The van der Waals surface area contributed by atoms with Crippen LogP contribution in [0.3, 0.4) is 0 Å². The second-order valence-corrected chi connectivity index (χ2v) is 9.20. The van der Waals surface area contributed by atoms with Crippen molar-refractivity contribution in [2.24, 2.45) is 0 Å². The molecular formula is C22H26ClN5O4S. The average molecular weight is 492 g/mol. The van der Waals surface area contributed by atoms with Crippen molar-refractivity contribution in [3.8, 4) is 5.75 Å². The van der Waals surface area contributed by atoms with Crippen molar-refractivity contribution in [1.82, 2.24) is 19.4 Å². The topological polar surface area (TPSA) is 89.8 Å². The Morgan fingerprint density at radius 1 is 1.30 bits per heavy atom. The van der Waals surface area contributed by atoms with Crippen LogP contribution in [0.2, 0.25) is 5.02 Å². The van der Waals surface area contributed by atoms with Crippen LogP contribution in [0, 0.1) is 13.8 Å². The van der Waals surface area contributed by atoms with Gasteiger partial charge in [-0.05, 0) is 26.0 Å². The highest BCUT2D eigenvalue weighted by Crippen LogP contribution is 2.38. The summed E-state index contributed by atoms with van der Waals surface area (Å²) < 4.78 is 12.9. The summed E-state index contributed by atoms with van der Waals surface area (Å²) in [5.74, 6) is 0.344. The maximum absolute atomic E-state index is 13.4. The highest BCUT2D eigenvalue weighted by Gasteiger charge is 2.24. The molecule has 0 spiro atoms. The van der Waals surface area contributed by atoms with Crippen molar-refractivity contribution >= 4 is 44.2 Å². The van der Waals surface area contributed by atoms with Gasteiger partial charge >= 0.3 is 0 Å². The van der Waals surface area contributed by atoms with Gasteiger partial charge in [0.15, 0.2) is 5.13 Å². The first-order valence-electron chi connectivity index (χ1n) is 10.6. The van der Waals surface area contributed by atoms with E-state index in [-0.39, 0.29) is 18.0 Å². The molecule has 3 aromatic rings. The van der Waals surface area contributed by atoms with Gasteiger partial charge in [-0.1, -0.05) is 22.9 Å². The maximum atomic E-state index is 13.4. The molecule has 0 aliphatic carbocycles. The van der Waals surface area contributed by atoms with Crippen molar-refractivity contribution in [2.45, 2.75) is 20.4 Å². The first-order valence-corrected chi connectivity index (χ1v) is 11.8. The van der Waals surface area contributed by atoms with Crippen LogP contribution in [0.1, 0.15) is 11.3 Å². The van der Waals surface area contributed by atoms with E-state index in [2.05, 4.69) is 9.88 Å². The molecule has 4 rings (SSSR count). The number of nitrogens with zero attached hydrogens (tertiary/aromatic N) is 5. The van der Waals surface area contributed by atoms with E-state index >= 15 is 0 Å². The SMILES string of the molecule is COc1ccc(Cl)c2sc(N(CCN3CCOCC3)C(=O)Cn3cnc(C)c(C)c3=O)nc12. The normalized spacial score (nSPS) is 14.5. The fourth-order valence-electron chi connectivity index (χ4n) is 3.63. The van der Waals surface area contributed by atoms with Gasteiger partial charge in [0.05, 0.1) is 36.4 Å². The number of halogens is 1. The molecule has 9 nitrogen and oxygen atoms in total. The number of ether oxygens (including phenoxy) is 2. The zero-order valence-corrected chi connectivity index (χ0v) is 20.4. The highest BCUT2D eigenvalue weighted by molar-refractivity contribution is 7.23. The Balaban J connectivity index is 1.66. The Bertz CT molecular complexity index is 1220. The van der Waals surface area contributed by atoms with Crippen molar-refractivity contribution in [3.63, 3.8) is 0 Å². The lowest BCUT2D eigenvalue weighted by Crippen LogP contribution is -2.44. The molecule has 0 N–H and O–H groups in total. The maximum Gasteiger partial charge on any atom is 0.256 e. The third kappa shape index (κ3) is 5.03. The predicted molar refractivity (Wildman–Crippen MR) is 129 cm³/mol. The van der Waals surface area contributed by atoms with Crippen LogP contribution >= 0.6 is 22.9 Å². The van der Waals surface area contributed by atoms with Gasteiger partial charge in [0.1, 0.15) is 17.8 Å². The standard InChI is InChI=1S/C22H26ClN5O4S/c1-14-15(2)24-13-27(21(14)30)12-18(29)28(7-6-26-8-10-32-11-9-26)22-25-19-17(31-3)5-4-16(23)20(19)33-22/h4-5,13H,6-12H2,1-3H3. The number of morpholine rings is 1. The molecule has 2 aromatic heterocycles. The molecule has 1 aromatic carbocycles. The summed E-state index contributed by atoms with van der Waals surface area (Å²) in [5.41, 5.74) is 1.57. The fourth-order valence-corrected chi connectivity index (χ4v) is 4.93. The van der Waals surface area contributed by atoms with Gasteiger partial charge in [0, 0.05) is 37.4 Å². The Morgan fingerprint density at radius 3 is 2.79 bits per heavy atom. The van der Waals surface area contributed by atoms with Crippen molar-refractivity contribution in [1.29, 1.82) is 0 Å². The first kappa shape index (κ1) is 23.6. The molecule has 0 saturated carbocycles. The van der Waals surface area contributed by atoms with E-state index in [1.54, 1.807) is 38.0 Å². The average Bonchev–Trinajstić information content (AvgIpc) is 3.26.